The van der Waals surface area contributed by atoms with Gasteiger partial charge in [-0.25, -0.2) is 0 Å². The van der Waals surface area contributed by atoms with Crippen LogP contribution in [0.15, 0.2) is 25.6 Å². The predicted octanol–water partition coefficient (Wildman–Crippen LogP) is 5.70. The molecule has 9 heteroatoms. The van der Waals surface area contributed by atoms with Gasteiger partial charge in [-0.15, -0.1) is 0 Å². The molecular formula is C20H21Br3O6. The molecule has 0 fully saturated rings. The molecule has 2 aromatic carbocycles. The average Bonchev–Trinajstić information content (AvgIpc) is 2.73. The van der Waals surface area contributed by atoms with E-state index in [2.05, 4.69) is 47.8 Å². The maximum absolute atomic E-state index is 6.47. The van der Waals surface area contributed by atoms with Gasteiger partial charge in [0.05, 0.1) is 28.4 Å². The zero-order valence-corrected chi connectivity index (χ0v) is 21.4. The lowest BCUT2D eigenvalue weighted by molar-refractivity contribution is -0.0130. The van der Waals surface area contributed by atoms with Crippen LogP contribution in [0.5, 0.6) is 28.7 Å². The number of hydrogen-bond acceptors (Lipinski definition) is 6. The molecule has 1 heterocycles. The molecule has 6 nitrogen and oxygen atoms in total. The molecule has 2 aromatic rings. The van der Waals surface area contributed by atoms with E-state index < -0.39 is 6.10 Å². The van der Waals surface area contributed by atoms with Gasteiger partial charge in [-0.1, -0.05) is 15.9 Å². The molecule has 1 aliphatic rings. The molecule has 0 saturated carbocycles. The van der Waals surface area contributed by atoms with Gasteiger partial charge in [-0.2, -0.15) is 0 Å². The summed E-state index contributed by atoms with van der Waals surface area (Å²) in [7, 11) is 8.08. The van der Waals surface area contributed by atoms with Crippen LogP contribution in [0.4, 0.5) is 0 Å². The molecule has 0 aromatic heterocycles. The molecule has 158 valence electrons. The first-order valence-electron chi connectivity index (χ1n) is 8.64. The zero-order chi connectivity index (χ0) is 21.3. The number of fused-ring (bicyclic) bond motifs is 1. The molecule has 3 rings (SSSR count). The Morgan fingerprint density at radius 2 is 1.45 bits per heavy atom. The second-order valence-corrected chi connectivity index (χ2v) is 8.69. The van der Waals surface area contributed by atoms with E-state index in [9.17, 15) is 0 Å². The third kappa shape index (κ3) is 3.94. The van der Waals surface area contributed by atoms with Gasteiger partial charge >= 0.3 is 0 Å². The molecule has 29 heavy (non-hydrogen) atoms. The minimum atomic E-state index is -0.395. The van der Waals surface area contributed by atoms with Crippen molar-refractivity contribution < 1.29 is 28.4 Å². The van der Waals surface area contributed by atoms with E-state index in [0.29, 0.717) is 39.6 Å². The third-order valence-electron chi connectivity index (χ3n) is 4.85. The first kappa shape index (κ1) is 22.5. The average molecular weight is 597 g/mol. The van der Waals surface area contributed by atoms with E-state index in [4.69, 9.17) is 28.4 Å². The van der Waals surface area contributed by atoms with E-state index in [1.165, 1.54) is 0 Å². The summed E-state index contributed by atoms with van der Waals surface area (Å²) < 4.78 is 36.6. The van der Waals surface area contributed by atoms with Crippen LogP contribution in [0.1, 0.15) is 17.2 Å². The van der Waals surface area contributed by atoms with Gasteiger partial charge in [-0.05, 0) is 44.0 Å². The summed E-state index contributed by atoms with van der Waals surface area (Å²) in [6.07, 6.45) is -0.0617. The number of hydrogen-bond donors (Lipinski definition) is 0. The van der Waals surface area contributed by atoms with Crippen LogP contribution >= 0.6 is 47.8 Å². The van der Waals surface area contributed by atoms with Gasteiger partial charge in [0.2, 0.25) is 0 Å². The van der Waals surface area contributed by atoms with Gasteiger partial charge in [0.25, 0.3) is 0 Å². The highest BCUT2D eigenvalue weighted by Gasteiger charge is 2.38. The van der Waals surface area contributed by atoms with E-state index >= 15 is 0 Å². The quantitative estimate of drug-likeness (QED) is 0.427. The van der Waals surface area contributed by atoms with Crippen molar-refractivity contribution in [3.05, 3.63) is 36.7 Å². The maximum atomic E-state index is 6.47. The Labute approximate surface area is 195 Å². The molecule has 0 radical (unpaired) electrons. The lowest BCUT2D eigenvalue weighted by Gasteiger charge is -2.35. The highest BCUT2D eigenvalue weighted by Crippen LogP contribution is 2.54. The van der Waals surface area contributed by atoms with Crippen LogP contribution in [0.2, 0.25) is 0 Å². The largest absolute Gasteiger partial charge is 0.495 e. The number of ether oxygens (including phenoxy) is 6. The lowest BCUT2D eigenvalue weighted by atomic mass is 9.93. The van der Waals surface area contributed by atoms with Crippen molar-refractivity contribution in [2.75, 3.05) is 35.5 Å². The van der Waals surface area contributed by atoms with Gasteiger partial charge < -0.3 is 28.4 Å². The third-order valence-corrected chi connectivity index (χ3v) is 6.98. The summed E-state index contributed by atoms with van der Waals surface area (Å²) in [5.74, 6) is 3.15. The Bertz CT molecular complexity index is 918. The van der Waals surface area contributed by atoms with E-state index in [0.717, 1.165) is 20.1 Å². The fourth-order valence-electron chi connectivity index (χ4n) is 3.44. The van der Waals surface area contributed by atoms with Crippen molar-refractivity contribution in [1.82, 2.24) is 0 Å². The van der Waals surface area contributed by atoms with Crippen molar-refractivity contribution in [1.29, 1.82) is 0 Å². The second-order valence-electron chi connectivity index (χ2n) is 6.25. The van der Waals surface area contributed by atoms with E-state index in [1.54, 1.807) is 35.5 Å². The monoisotopic (exact) mass is 594 g/mol. The summed E-state index contributed by atoms with van der Waals surface area (Å²) in [6.45, 7) is 0. The van der Waals surface area contributed by atoms with E-state index in [1.807, 2.05) is 12.1 Å². The minimum absolute atomic E-state index is 0.252. The van der Waals surface area contributed by atoms with Gasteiger partial charge in [0.1, 0.15) is 26.5 Å². The molecule has 1 aliphatic heterocycles. The van der Waals surface area contributed by atoms with Crippen LogP contribution in [-0.4, -0.2) is 41.7 Å². The smallest absolute Gasteiger partial charge is 0.161 e. The molecule has 0 aliphatic carbocycles. The van der Waals surface area contributed by atoms with Crippen LogP contribution in [-0.2, 0) is 11.2 Å². The molecule has 0 saturated heterocycles. The standard InChI is InChI=1S/C20H21Br3O6/c1-24-12-6-9(11(21)8-13(12)25-2)17-14(26-3)7-10-18(27-4)15(22)20(28-5)16(23)19(10)29-17/h6,8,14,17H,7H2,1-5H3. The number of rotatable bonds is 6. The molecule has 2 unspecified atom stereocenters. The first-order chi connectivity index (χ1) is 13.9. The van der Waals surface area contributed by atoms with Crippen molar-refractivity contribution >= 4 is 47.8 Å². The highest BCUT2D eigenvalue weighted by atomic mass is 79.9. The van der Waals surface area contributed by atoms with Gasteiger partial charge in [0, 0.05) is 29.1 Å². The normalized spacial score (nSPS) is 17.9. The van der Waals surface area contributed by atoms with Crippen LogP contribution < -0.4 is 23.7 Å². The Hall–Kier alpha value is -1.16. The number of methoxy groups -OCH3 is 5. The minimum Gasteiger partial charge on any atom is -0.495 e. The molecule has 0 spiro atoms. The zero-order valence-electron chi connectivity index (χ0n) is 16.6. The van der Waals surface area contributed by atoms with Crippen molar-refractivity contribution in [3.8, 4) is 28.7 Å². The fourth-order valence-corrected chi connectivity index (χ4v) is 5.71. The number of halogens is 3. The van der Waals surface area contributed by atoms with Gasteiger partial charge in [0.15, 0.2) is 23.4 Å². The summed E-state index contributed by atoms with van der Waals surface area (Å²) >= 11 is 10.8. The van der Waals surface area contributed by atoms with Crippen molar-refractivity contribution in [2.24, 2.45) is 0 Å². The van der Waals surface area contributed by atoms with Crippen molar-refractivity contribution in [2.45, 2.75) is 18.6 Å². The summed E-state index contributed by atoms with van der Waals surface area (Å²) in [5, 5.41) is 0. The first-order valence-corrected chi connectivity index (χ1v) is 11.0. The SMILES string of the molecule is COc1cc(Br)c(C2Oc3c(Br)c(OC)c(Br)c(OC)c3CC2OC)cc1OC. The van der Waals surface area contributed by atoms with Crippen molar-refractivity contribution in [3.63, 3.8) is 0 Å². The second kappa shape index (κ2) is 9.32. The molecule has 0 N–H and O–H groups in total. The number of benzene rings is 2. The Morgan fingerprint density at radius 1 is 0.828 bits per heavy atom. The van der Waals surface area contributed by atoms with Gasteiger partial charge in [-0.3, -0.25) is 0 Å². The highest BCUT2D eigenvalue weighted by molar-refractivity contribution is 9.11. The summed E-state index contributed by atoms with van der Waals surface area (Å²) in [6, 6.07) is 3.75. The molecule has 0 amide bonds. The summed E-state index contributed by atoms with van der Waals surface area (Å²) in [4.78, 5) is 0. The molecule has 0 bridgehead atoms. The van der Waals surface area contributed by atoms with Crippen LogP contribution in [0.25, 0.3) is 0 Å². The Kier molecular flexibility index (Phi) is 7.24. The summed E-state index contributed by atoms with van der Waals surface area (Å²) in [5.41, 5.74) is 1.78. The predicted molar refractivity (Wildman–Crippen MR) is 120 cm³/mol. The topological polar surface area (TPSA) is 55.4 Å². The molecular weight excluding hydrogens is 576 g/mol. The Morgan fingerprint density at radius 3 is 2.00 bits per heavy atom. The van der Waals surface area contributed by atoms with Crippen LogP contribution in [0, 0.1) is 0 Å². The lowest BCUT2D eigenvalue weighted by Crippen LogP contribution is -2.33. The molecule has 2 atom stereocenters. The Balaban J connectivity index is 2.17. The fraction of sp³-hybridized carbons (Fsp3) is 0.400. The maximum Gasteiger partial charge on any atom is 0.161 e. The van der Waals surface area contributed by atoms with Crippen LogP contribution in [0.3, 0.4) is 0 Å². The van der Waals surface area contributed by atoms with E-state index in [-0.39, 0.29) is 6.10 Å².